The van der Waals surface area contributed by atoms with Gasteiger partial charge in [0.1, 0.15) is 0 Å². The second-order valence-electron chi connectivity index (χ2n) is 7.95. The van der Waals surface area contributed by atoms with Crippen LogP contribution in [0.2, 0.25) is 0 Å². The van der Waals surface area contributed by atoms with E-state index < -0.39 is 0 Å². The summed E-state index contributed by atoms with van der Waals surface area (Å²) in [7, 11) is 0. The molecule has 4 fully saturated rings. The van der Waals surface area contributed by atoms with Gasteiger partial charge in [-0.25, -0.2) is 0 Å². The minimum atomic E-state index is -0.300. The van der Waals surface area contributed by atoms with Gasteiger partial charge in [0.2, 0.25) is 5.91 Å². The van der Waals surface area contributed by atoms with Gasteiger partial charge in [0.25, 0.3) is 0 Å². The molecule has 1 amide bonds. The van der Waals surface area contributed by atoms with Gasteiger partial charge in [0, 0.05) is 10.8 Å². The summed E-state index contributed by atoms with van der Waals surface area (Å²) in [5, 5.41) is 3.55. The van der Waals surface area contributed by atoms with Gasteiger partial charge in [-0.3, -0.25) is 4.79 Å². The maximum absolute atomic E-state index is 12.2. The largest absolute Gasteiger partial charge is 0.348 e. The first-order valence-electron chi connectivity index (χ1n) is 8.71. The van der Waals surface area contributed by atoms with Crippen molar-refractivity contribution in [3.8, 4) is 0 Å². The van der Waals surface area contributed by atoms with Crippen LogP contribution in [0.1, 0.15) is 43.7 Å². The molecule has 0 heterocycles. The lowest BCUT2D eigenvalue weighted by atomic mass is 9.49. The van der Waals surface area contributed by atoms with Crippen LogP contribution in [0, 0.1) is 17.8 Å². The molecule has 0 aliphatic heterocycles. The van der Waals surface area contributed by atoms with E-state index in [1.165, 1.54) is 6.42 Å². The Labute approximate surface area is 161 Å². The molecule has 1 aromatic rings. The zero-order valence-corrected chi connectivity index (χ0v) is 16.6. The quantitative estimate of drug-likeness (QED) is 0.666. The van der Waals surface area contributed by atoms with Gasteiger partial charge >= 0.3 is 0 Å². The average Bonchev–Trinajstić information content (AvgIpc) is 2.51. The van der Waals surface area contributed by atoms with Crippen molar-refractivity contribution in [2.45, 2.75) is 47.9 Å². The van der Waals surface area contributed by atoms with Crippen LogP contribution in [0.5, 0.6) is 0 Å². The lowest BCUT2D eigenvalue weighted by Crippen LogP contribution is -2.62. The van der Waals surface area contributed by atoms with Gasteiger partial charge in [-0.15, -0.1) is 23.2 Å². The van der Waals surface area contributed by atoms with E-state index in [2.05, 4.69) is 33.4 Å². The summed E-state index contributed by atoms with van der Waals surface area (Å²) < 4.78 is 0. The van der Waals surface area contributed by atoms with E-state index in [9.17, 15) is 4.79 Å². The van der Waals surface area contributed by atoms with Gasteiger partial charge in [-0.1, -0.05) is 46.3 Å². The fraction of sp³-hybridized carbons (Fsp3) is 0.632. The molecule has 0 aromatic heterocycles. The van der Waals surface area contributed by atoms with Crippen molar-refractivity contribution in [1.82, 2.24) is 5.32 Å². The van der Waals surface area contributed by atoms with E-state index in [1.54, 1.807) is 0 Å². The summed E-state index contributed by atoms with van der Waals surface area (Å²) in [6, 6.07) is 10.2. The van der Waals surface area contributed by atoms with E-state index in [1.807, 2.05) is 18.2 Å². The lowest BCUT2D eigenvalue weighted by molar-refractivity contribution is -0.120. The predicted octanol–water partition coefficient (Wildman–Crippen LogP) is 5.03. The molecule has 6 atom stereocenters. The molecule has 24 heavy (non-hydrogen) atoms. The van der Waals surface area contributed by atoms with E-state index in [0.29, 0.717) is 17.2 Å². The van der Waals surface area contributed by atoms with Gasteiger partial charge < -0.3 is 5.32 Å². The van der Waals surface area contributed by atoms with Crippen LogP contribution in [0.3, 0.4) is 0 Å². The first-order chi connectivity index (χ1) is 11.4. The molecular weight excluding hydrogens is 409 g/mol. The molecule has 0 saturated heterocycles. The number of benzene rings is 1. The van der Waals surface area contributed by atoms with Crippen LogP contribution < -0.4 is 5.32 Å². The number of hydrogen-bond acceptors (Lipinski definition) is 1. The van der Waals surface area contributed by atoms with E-state index in [-0.39, 0.29) is 27.6 Å². The van der Waals surface area contributed by atoms with E-state index >= 15 is 0 Å². The van der Waals surface area contributed by atoms with Crippen molar-refractivity contribution in [2.75, 3.05) is 5.33 Å². The Bertz CT molecular complexity index is 642. The van der Waals surface area contributed by atoms with Crippen molar-refractivity contribution in [3.05, 3.63) is 35.9 Å². The van der Waals surface area contributed by atoms with Crippen LogP contribution >= 0.6 is 39.1 Å². The monoisotopic (exact) mass is 429 g/mol. The van der Waals surface area contributed by atoms with E-state index in [0.717, 1.165) is 31.2 Å². The second-order valence-corrected chi connectivity index (χ2v) is 10.1. The van der Waals surface area contributed by atoms with Gasteiger partial charge in [0.15, 0.2) is 0 Å². The summed E-state index contributed by atoms with van der Waals surface area (Å²) in [5.74, 6) is 1.39. The highest BCUT2D eigenvalue weighted by molar-refractivity contribution is 9.09. The minimum absolute atomic E-state index is 0.0125. The first-order valence-corrected chi connectivity index (χ1v) is 10.6. The van der Waals surface area contributed by atoms with Crippen molar-refractivity contribution < 1.29 is 4.79 Å². The molecule has 0 spiro atoms. The third-order valence-corrected chi connectivity index (χ3v) is 7.71. The van der Waals surface area contributed by atoms with E-state index in [4.69, 9.17) is 23.2 Å². The third kappa shape index (κ3) is 2.91. The summed E-state index contributed by atoms with van der Waals surface area (Å²) in [6.45, 7) is 0. The number of carbonyl (C=O) groups excluding carboxylic acids is 1. The topological polar surface area (TPSA) is 29.1 Å². The Morgan fingerprint density at radius 2 is 2.00 bits per heavy atom. The van der Waals surface area contributed by atoms with Crippen LogP contribution in [0.25, 0.3) is 0 Å². The highest BCUT2D eigenvalue weighted by atomic mass is 79.9. The van der Waals surface area contributed by atoms with Crippen LogP contribution in [0.15, 0.2) is 30.3 Å². The Hall–Kier alpha value is -0.250. The molecule has 1 aromatic carbocycles. The molecule has 5 rings (SSSR count). The summed E-state index contributed by atoms with van der Waals surface area (Å²) in [6.07, 6.45) is 5.21. The number of amides is 1. The number of nitrogens with one attached hydrogen (secondary N) is 1. The Kier molecular flexibility index (Phi) is 4.42. The summed E-state index contributed by atoms with van der Waals surface area (Å²) >= 11 is 17.4. The highest BCUT2D eigenvalue weighted by Crippen LogP contribution is 2.66. The maximum atomic E-state index is 12.2. The van der Waals surface area contributed by atoms with Crippen LogP contribution in [-0.2, 0) is 4.79 Å². The maximum Gasteiger partial charge on any atom is 0.231 e. The summed E-state index contributed by atoms with van der Waals surface area (Å²) in [5.41, 5.74) is 1.15. The second kappa shape index (κ2) is 6.17. The Morgan fingerprint density at radius 3 is 2.62 bits per heavy atom. The predicted molar refractivity (Wildman–Crippen MR) is 102 cm³/mol. The van der Waals surface area contributed by atoms with Gasteiger partial charge in [-0.2, -0.15) is 0 Å². The Balaban J connectivity index is 1.71. The number of halogens is 3. The standard InChI is InChI=1S/C19H22BrCl2NO/c20-10-15(24)23-17(13-4-2-1-3-5-13)16-14-6-12-7-18(21,9-14)11-19(16,22)8-12/h1-5,12,14,16-17H,6-11H2,(H,23,24)/t12-,14+,16-,17+,18+,19+/m1/s1. The van der Waals surface area contributed by atoms with Crippen molar-refractivity contribution in [1.29, 1.82) is 0 Å². The SMILES string of the molecule is O=C(CBr)N[C@@H](c1ccccc1)[C@H]1[C@H]2C[C@@H]3C[C@](Cl)(C2)C[C@@]1(Cl)C3. The van der Waals surface area contributed by atoms with Crippen molar-refractivity contribution >= 4 is 45.0 Å². The fourth-order valence-corrected chi connectivity index (χ4v) is 7.48. The number of alkyl halides is 3. The molecule has 4 bridgehead atoms. The zero-order valence-electron chi connectivity index (χ0n) is 13.5. The Morgan fingerprint density at radius 1 is 1.25 bits per heavy atom. The molecule has 4 aliphatic carbocycles. The molecule has 4 saturated carbocycles. The molecule has 0 radical (unpaired) electrons. The van der Waals surface area contributed by atoms with Gasteiger partial charge in [0.05, 0.1) is 16.2 Å². The zero-order chi connectivity index (χ0) is 16.9. The van der Waals surface area contributed by atoms with Crippen LogP contribution in [0.4, 0.5) is 0 Å². The van der Waals surface area contributed by atoms with Crippen LogP contribution in [-0.4, -0.2) is 21.0 Å². The first kappa shape index (κ1) is 17.2. The molecule has 2 nitrogen and oxygen atoms in total. The molecule has 5 heteroatoms. The average molecular weight is 431 g/mol. The highest BCUT2D eigenvalue weighted by Gasteiger charge is 2.63. The number of rotatable bonds is 4. The normalized spacial score (nSPS) is 41.2. The number of carbonyl (C=O) groups is 1. The fourth-order valence-electron chi connectivity index (χ4n) is 5.82. The summed E-state index contributed by atoms with van der Waals surface area (Å²) in [4.78, 5) is 11.8. The third-order valence-electron chi connectivity index (χ3n) is 6.22. The minimum Gasteiger partial charge on any atom is -0.348 e. The molecular formula is C19H22BrCl2NO. The number of hydrogen-bond donors (Lipinski definition) is 1. The smallest absolute Gasteiger partial charge is 0.231 e. The molecule has 130 valence electrons. The molecule has 1 N–H and O–H groups in total. The lowest BCUT2D eigenvalue weighted by Gasteiger charge is -2.63. The molecule has 0 unspecified atom stereocenters. The van der Waals surface area contributed by atoms with Gasteiger partial charge in [-0.05, 0) is 49.5 Å². The van der Waals surface area contributed by atoms with Crippen molar-refractivity contribution in [3.63, 3.8) is 0 Å². The molecule has 4 aliphatic rings. The van der Waals surface area contributed by atoms with Crippen molar-refractivity contribution in [2.24, 2.45) is 17.8 Å².